The maximum absolute atomic E-state index is 10.7. The second-order valence-electron chi connectivity index (χ2n) is 5.57. The molecule has 0 N–H and O–H groups in total. The smallest absolute Gasteiger partial charge is 0.150 e. The van der Waals surface area contributed by atoms with Crippen LogP contribution in [0, 0.1) is 22.7 Å². The maximum atomic E-state index is 10.7. The van der Waals surface area contributed by atoms with E-state index in [1.165, 1.54) is 0 Å². The van der Waals surface area contributed by atoms with E-state index in [1.54, 1.807) is 18.2 Å². The summed E-state index contributed by atoms with van der Waals surface area (Å²) >= 11 is 0. The minimum Gasteiger partial charge on any atom is -0.378 e. The average Bonchev–Trinajstić information content (AvgIpc) is 2.65. The Morgan fingerprint density at radius 1 is 0.920 bits per heavy atom. The minimum atomic E-state index is 0.0540. The van der Waals surface area contributed by atoms with Crippen LogP contribution >= 0.6 is 0 Å². The number of hydrogen-bond donors (Lipinski definition) is 0. The average molecular weight is 327 g/mol. The lowest BCUT2D eigenvalue weighted by atomic mass is 9.99. The van der Waals surface area contributed by atoms with Crippen LogP contribution in [0.25, 0.3) is 11.6 Å². The molecule has 0 aliphatic carbocycles. The first-order valence-electron chi connectivity index (χ1n) is 7.64. The predicted molar refractivity (Wildman–Crippen MR) is 99.8 cm³/mol. The van der Waals surface area contributed by atoms with Gasteiger partial charge in [-0.15, -0.1) is 0 Å². The molecule has 0 radical (unpaired) electrons. The molecule has 0 unspecified atom stereocenters. The van der Waals surface area contributed by atoms with Crippen molar-refractivity contribution in [2.24, 2.45) is 0 Å². The van der Waals surface area contributed by atoms with Crippen LogP contribution in [0.5, 0.6) is 0 Å². The lowest BCUT2D eigenvalue weighted by molar-refractivity contribution is 0.112. The Hall–Kier alpha value is -3.63. The van der Waals surface area contributed by atoms with Crippen LogP contribution in [0.3, 0.4) is 0 Å². The molecule has 0 fully saturated rings. The van der Waals surface area contributed by atoms with E-state index in [0.717, 1.165) is 23.1 Å². The summed E-state index contributed by atoms with van der Waals surface area (Å²) < 4.78 is 0. The van der Waals surface area contributed by atoms with Crippen molar-refractivity contribution in [3.05, 3.63) is 76.9 Å². The van der Waals surface area contributed by atoms with E-state index in [0.29, 0.717) is 11.1 Å². The van der Waals surface area contributed by atoms with E-state index in [4.69, 9.17) is 0 Å². The minimum absolute atomic E-state index is 0.0540. The molecular formula is C21H17N3O. The Balaban J connectivity index is 2.42. The molecule has 4 heteroatoms. The second-order valence-corrected chi connectivity index (χ2v) is 5.57. The largest absolute Gasteiger partial charge is 0.378 e. The summed E-state index contributed by atoms with van der Waals surface area (Å²) in [6, 6.07) is 18.6. The van der Waals surface area contributed by atoms with Gasteiger partial charge in [0.2, 0.25) is 0 Å². The van der Waals surface area contributed by atoms with Gasteiger partial charge in [0.25, 0.3) is 0 Å². The van der Waals surface area contributed by atoms with Crippen LogP contribution in [0.1, 0.15) is 21.5 Å². The fraction of sp³-hybridized carbons (Fsp3) is 0.0952. The highest BCUT2D eigenvalue weighted by molar-refractivity contribution is 5.86. The fourth-order valence-electron chi connectivity index (χ4n) is 2.27. The summed E-state index contributed by atoms with van der Waals surface area (Å²) in [5.41, 5.74) is 3.93. The van der Waals surface area contributed by atoms with Gasteiger partial charge in [0.1, 0.15) is 24.0 Å². The highest BCUT2D eigenvalue weighted by Crippen LogP contribution is 2.24. The van der Waals surface area contributed by atoms with Crippen LogP contribution in [-0.4, -0.2) is 20.4 Å². The van der Waals surface area contributed by atoms with Gasteiger partial charge in [0.05, 0.1) is 0 Å². The number of rotatable bonds is 5. The molecule has 0 aliphatic rings. The Bertz CT molecular complexity index is 874. The maximum Gasteiger partial charge on any atom is 0.150 e. The van der Waals surface area contributed by atoms with Gasteiger partial charge in [0.15, 0.2) is 0 Å². The van der Waals surface area contributed by atoms with E-state index >= 15 is 0 Å². The normalized spacial score (nSPS) is 9.92. The van der Waals surface area contributed by atoms with Gasteiger partial charge >= 0.3 is 0 Å². The van der Waals surface area contributed by atoms with Crippen molar-refractivity contribution in [2.75, 3.05) is 19.0 Å². The van der Waals surface area contributed by atoms with E-state index in [9.17, 15) is 15.3 Å². The Kier molecular flexibility index (Phi) is 5.87. The van der Waals surface area contributed by atoms with Crippen LogP contribution in [0.2, 0.25) is 0 Å². The number of carbonyl (C=O) groups excluding carboxylic acids is 1. The molecule has 2 rings (SSSR count). The first kappa shape index (κ1) is 17.7. The van der Waals surface area contributed by atoms with Crippen LogP contribution < -0.4 is 4.90 Å². The summed E-state index contributed by atoms with van der Waals surface area (Å²) in [7, 11) is 3.90. The SMILES string of the molecule is CN(C)c1ccc(C(/C=C/c2ccc(C=O)cc2)=C(C#N)C#N)cc1. The van der Waals surface area contributed by atoms with Crippen molar-refractivity contribution in [1.82, 2.24) is 0 Å². The van der Waals surface area contributed by atoms with Gasteiger partial charge in [-0.2, -0.15) is 10.5 Å². The number of hydrogen-bond acceptors (Lipinski definition) is 4. The van der Waals surface area contributed by atoms with Gasteiger partial charge in [-0.1, -0.05) is 48.6 Å². The topological polar surface area (TPSA) is 67.9 Å². The molecular weight excluding hydrogens is 310 g/mol. The molecule has 0 atom stereocenters. The summed E-state index contributed by atoms with van der Waals surface area (Å²) in [5, 5.41) is 18.5. The molecule has 0 heterocycles. The Morgan fingerprint density at radius 3 is 1.96 bits per heavy atom. The molecule has 0 aliphatic heterocycles. The predicted octanol–water partition coefficient (Wildman–Crippen LogP) is 4.08. The molecule has 0 saturated heterocycles. The van der Waals surface area contributed by atoms with Crippen molar-refractivity contribution in [3.63, 3.8) is 0 Å². The number of aldehydes is 1. The number of carbonyl (C=O) groups is 1. The van der Waals surface area contributed by atoms with Crippen LogP contribution in [0.15, 0.2) is 60.2 Å². The van der Waals surface area contributed by atoms with Crippen molar-refractivity contribution < 1.29 is 4.79 Å². The van der Waals surface area contributed by atoms with Crippen molar-refractivity contribution in [2.45, 2.75) is 0 Å². The van der Waals surface area contributed by atoms with E-state index in [1.807, 2.05) is 73.6 Å². The molecule has 4 nitrogen and oxygen atoms in total. The van der Waals surface area contributed by atoms with E-state index in [2.05, 4.69) is 0 Å². The lowest BCUT2D eigenvalue weighted by Crippen LogP contribution is -2.08. The zero-order valence-corrected chi connectivity index (χ0v) is 14.1. The molecule has 0 spiro atoms. The van der Waals surface area contributed by atoms with Crippen molar-refractivity contribution >= 4 is 23.6 Å². The number of nitrogens with zero attached hydrogens (tertiary/aromatic N) is 3. The van der Waals surface area contributed by atoms with Crippen LogP contribution in [0.4, 0.5) is 5.69 Å². The summed E-state index contributed by atoms with van der Waals surface area (Å²) in [6.45, 7) is 0. The molecule has 0 bridgehead atoms. The van der Waals surface area contributed by atoms with Gasteiger partial charge in [-0.05, 0) is 23.3 Å². The third-order valence-corrected chi connectivity index (χ3v) is 3.70. The van der Waals surface area contributed by atoms with E-state index in [-0.39, 0.29) is 5.57 Å². The quantitative estimate of drug-likeness (QED) is 0.471. The summed E-state index contributed by atoms with van der Waals surface area (Å²) in [5.74, 6) is 0. The third-order valence-electron chi connectivity index (χ3n) is 3.70. The molecule has 25 heavy (non-hydrogen) atoms. The van der Waals surface area contributed by atoms with E-state index < -0.39 is 0 Å². The fourth-order valence-corrected chi connectivity index (χ4v) is 2.27. The van der Waals surface area contributed by atoms with Gasteiger partial charge in [0, 0.05) is 30.9 Å². The molecule has 0 amide bonds. The molecule has 122 valence electrons. The lowest BCUT2D eigenvalue weighted by Gasteiger charge is -2.13. The van der Waals surface area contributed by atoms with Gasteiger partial charge in [-0.25, -0.2) is 0 Å². The number of benzene rings is 2. The Labute approximate surface area is 147 Å². The number of nitriles is 2. The highest BCUT2D eigenvalue weighted by Gasteiger charge is 2.07. The van der Waals surface area contributed by atoms with Gasteiger partial charge in [-0.3, -0.25) is 4.79 Å². The summed E-state index contributed by atoms with van der Waals surface area (Å²) in [4.78, 5) is 12.7. The Morgan fingerprint density at radius 2 is 1.48 bits per heavy atom. The standard InChI is InChI=1S/C21H17N3O/c1-24(2)20-10-8-18(9-11-20)21(19(13-22)14-23)12-7-16-3-5-17(15-25)6-4-16/h3-12,15H,1-2H3/b12-7+. The molecule has 0 saturated carbocycles. The zero-order chi connectivity index (χ0) is 18.2. The highest BCUT2D eigenvalue weighted by atomic mass is 16.1. The first-order chi connectivity index (χ1) is 12.1. The monoisotopic (exact) mass is 327 g/mol. The zero-order valence-electron chi connectivity index (χ0n) is 14.1. The number of anilines is 1. The summed E-state index contributed by atoms with van der Waals surface area (Å²) in [6.07, 6.45) is 4.36. The van der Waals surface area contributed by atoms with Crippen LogP contribution in [-0.2, 0) is 0 Å². The van der Waals surface area contributed by atoms with Crippen molar-refractivity contribution in [1.29, 1.82) is 10.5 Å². The molecule has 2 aromatic carbocycles. The molecule has 2 aromatic rings. The number of allylic oxidation sites excluding steroid dienone is 3. The second kappa shape index (κ2) is 8.29. The van der Waals surface area contributed by atoms with Crippen molar-refractivity contribution in [3.8, 4) is 12.1 Å². The first-order valence-corrected chi connectivity index (χ1v) is 7.64. The van der Waals surface area contributed by atoms with Gasteiger partial charge < -0.3 is 4.90 Å². The molecule has 0 aromatic heterocycles. The third kappa shape index (κ3) is 4.43.